The van der Waals surface area contributed by atoms with E-state index in [1.165, 1.54) is 16.7 Å². The van der Waals surface area contributed by atoms with Gasteiger partial charge in [-0.05, 0) is 66.7 Å². The van der Waals surface area contributed by atoms with E-state index in [4.69, 9.17) is 15.9 Å². The van der Waals surface area contributed by atoms with Gasteiger partial charge in [0.1, 0.15) is 12.4 Å². The van der Waals surface area contributed by atoms with Gasteiger partial charge in [0.05, 0.1) is 22.8 Å². The van der Waals surface area contributed by atoms with Crippen molar-refractivity contribution < 1.29 is 19.1 Å². The average Bonchev–Trinajstić information content (AvgIpc) is 3.01. The number of carbonyl (C=O) groups excluding carboxylic acids is 2. The van der Waals surface area contributed by atoms with Crippen LogP contribution >= 0.6 is 11.8 Å². The molecule has 2 aromatic rings. The molecule has 0 N–H and O–H groups in total. The van der Waals surface area contributed by atoms with E-state index in [1.807, 2.05) is 12.1 Å². The lowest BCUT2D eigenvalue weighted by Crippen LogP contribution is -2.23. The largest absolute Gasteiger partial charge is 0.481 e. The number of terminal acetylenes is 1. The molecule has 2 aromatic carbocycles. The third-order valence-corrected chi connectivity index (χ3v) is 5.17. The predicted octanol–water partition coefficient (Wildman–Crippen LogP) is 4.11. The van der Waals surface area contributed by atoms with Gasteiger partial charge in [0.25, 0.3) is 5.91 Å². The molecule has 0 unspecified atom stereocenters. The molecular formula is C23H20N2O4S. The van der Waals surface area contributed by atoms with Crippen LogP contribution in [0.4, 0.5) is 5.69 Å². The van der Waals surface area contributed by atoms with Crippen LogP contribution in [0.3, 0.4) is 0 Å². The first-order valence-electron chi connectivity index (χ1n) is 9.21. The molecule has 7 heteroatoms. The van der Waals surface area contributed by atoms with E-state index < -0.39 is 0 Å². The minimum Gasteiger partial charge on any atom is -0.481 e. The molecular weight excluding hydrogens is 400 g/mol. The van der Waals surface area contributed by atoms with E-state index in [0.717, 1.165) is 5.56 Å². The quantitative estimate of drug-likeness (QED) is 0.400. The van der Waals surface area contributed by atoms with E-state index in [0.29, 0.717) is 33.7 Å². The molecule has 0 bridgehead atoms. The Labute approximate surface area is 179 Å². The molecule has 1 saturated heterocycles. The molecule has 30 heavy (non-hydrogen) atoms. The number of amides is 1. The molecule has 0 radical (unpaired) electrons. The summed E-state index contributed by atoms with van der Waals surface area (Å²) in [6.07, 6.45) is 6.99. The molecule has 1 amide bonds. The van der Waals surface area contributed by atoms with Crippen LogP contribution in [0, 0.1) is 12.3 Å². The summed E-state index contributed by atoms with van der Waals surface area (Å²) in [6, 6.07) is 14.1. The Morgan fingerprint density at radius 2 is 1.90 bits per heavy atom. The number of aliphatic imine (C=N–C) groups is 1. The number of rotatable bonds is 6. The number of carbonyl (C=O) groups is 2. The number of ether oxygens (including phenoxy) is 2. The van der Waals surface area contributed by atoms with Gasteiger partial charge in [0.15, 0.2) is 5.17 Å². The van der Waals surface area contributed by atoms with E-state index in [2.05, 4.69) is 10.9 Å². The zero-order valence-corrected chi connectivity index (χ0v) is 17.4. The third kappa shape index (κ3) is 5.10. The molecule has 0 saturated carbocycles. The number of benzene rings is 2. The van der Waals surface area contributed by atoms with Gasteiger partial charge in [-0.2, -0.15) is 0 Å². The Hall–Kier alpha value is -3.50. The molecule has 0 atom stereocenters. The molecule has 1 aliphatic rings. The summed E-state index contributed by atoms with van der Waals surface area (Å²) in [5.41, 5.74) is 1.97. The van der Waals surface area contributed by atoms with Crippen LogP contribution in [-0.2, 0) is 9.53 Å². The Morgan fingerprint density at radius 1 is 1.20 bits per heavy atom. The molecule has 0 aliphatic carbocycles. The first kappa shape index (κ1) is 21.2. The minimum absolute atomic E-state index is 0.130. The van der Waals surface area contributed by atoms with Crippen molar-refractivity contribution in [2.75, 3.05) is 20.3 Å². The third-order valence-electron chi connectivity index (χ3n) is 4.11. The van der Waals surface area contributed by atoms with E-state index in [1.54, 1.807) is 56.4 Å². The van der Waals surface area contributed by atoms with E-state index in [-0.39, 0.29) is 18.5 Å². The first-order chi connectivity index (χ1) is 14.5. The fourth-order valence-electron chi connectivity index (χ4n) is 2.59. The van der Waals surface area contributed by atoms with Crippen LogP contribution in [0.5, 0.6) is 5.75 Å². The second-order valence-electron chi connectivity index (χ2n) is 6.20. The van der Waals surface area contributed by atoms with Gasteiger partial charge < -0.3 is 9.47 Å². The van der Waals surface area contributed by atoms with Crippen molar-refractivity contribution in [3.63, 3.8) is 0 Å². The van der Waals surface area contributed by atoms with Gasteiger partial charge in [0, 0.05) is 7.05 Å². The summed E-state index contributed by atoms with van der Waals surface area (Å²) < 4.78 is 10.3. The van der Waals surface area contributed by atoms with Crippen molar-refractivity contribution in [2.45, 2.75) is 6.92 Å². The fourth-order valence-corrected chi connectivity index (χ4v) is 3.57. The summed E-state index contributed by atoms with van der Waals surface area (Å²) in [6.45, 7) is 2.29. The Kier molecular flexibility index (Phi) is 6.94. The summed E-state index contributed by atoms with van der Waals surface area (Å²) in [7, 11) is 1.68. The molecule has 152 valence electrons. The normalized spacial score (nSPS) is 16.0. The maximum atomic E-state index is 12.6. The van der Waals surface area contributed by atoms with E-state index >= 15 is 0 Å². The van der Waals surface area contributed by atoms with Crippen LogP contribution in [0.25, 0.3) is 6.08 Å². The molecule has 0 aromatic heterocycles. The van der Waals surface area contributed by atoms with Crippen molar-refractivity contribution in [2.24, 2.45) is 4.99 Å². The second-order valence-corrected chi connectivity index (χ2v) is 7.21. The number of hydrogen-bond acceptors (Lipinski definition) is 6. The first-order valence-corrected chi connectivity index (χ1v) is 10.0. The lowest BCUT2D eigenvalue weighted by molar-refractivity contribution is -0.121. The van der Waals surface area contributed by atoms with Crippen molar-refractivity contribution in [1.82, 2.24) is 4.90 Å². The van der Waals surface area contributed by atoms with Gasteiger partial charge in [-0.1, -0.05) is 18.1 Å². The van der Waals surface area contributed by atoms with Crippen LogP contribution < -0.4 is 4.74 Å². The highest BCUT2D eigenvalue weighted by Crippen LogP contribution is 2.33. The van der Waals surface area contributed by atoms with Gasteiger partial charge in [-0.25, -0.2) is 9.79 Å². The number of nitrogens with zero attached hydrogens (tertiary/aromatic N) is 2. The van der Waals surface area contributed by atoms with Crippen LogP contribution in [0.2, 0.25) is 0 Å². The average molecular weight is 420 g/mol. The Morgan fingerprint density at radius 3 is 2.53 bits per heavy atom. The highest BCUT2D eigenvalue weighted by Gasteiger charge is 2.30. The van der Waals surface area contributed by atoms with Crippen molar-refractivity contribution >= 4 is 40.6 Å². The van der Waals surface area contributed by atoms with Crippen molar-refractivity contribution in [3.8, 4) is 18.1 Å². The standard InChI is InChI=1S/C23H20N2O4S/c1-4-14-29-19-12-6-16(7-13-19)15-20-21(26)25(3)23(30-20)24-18-10-8-17(9-11-18)22(27)28-5-2/h1,6-13,15H,5,14H2,2-3H3. The van der Waals surface area contributed by atoms with Crippen LogP contribution in [0.1, 0.15) is 22.8 Å². The summed E-state index contributed by atoms with van der Waals surface area (Å²) in [5.74, 6) is 2.58. The van der Waals surface area contributed by atoms with Gasteiger partial charge in [0.2, 0.25) is 0 Å². The van der Waals surface area contributed by atoms with Gasteiger partial charge in [-0.3, -0.25) is 9.69 Å². The lowest BCUT2D eigenvalue weighted by atomic mass is 10.2. The van der Waals surface area contributed by atoms with E-state index in [9.17, 15) is 9.59 Å². The monoisotopic (exact) mass is 420 g/mol. The highest BCUT2D eigenvalue weighted by atomic mass is 32.2. The number of thioether (sulfide) groups is 1. The molecule has 1 heterocycles. The second kappa shape index (κ2) is 9.81. The summed E-state index contributed by atoms with van der Waals surface area (Å²) >= 11 is 1.29. The maximum absolute atomic E-state index is 12.6. The van der Waals surface area contributed by atoms with Crippen LogP contribution in [-0.4, -0.2) is 42.2 Å². The maximum Gasteiger partial charge on any atom is 0.338 e. The molecule has 3 rings (SSSR count). The smallest absolute Gasteiger partial charge is 0.338 e. The molecule has 0 spiro atoms. The summed E-state index contributed by atoms with van der Waals surface area (Å²) in [5, 5.41) is 0.559. The molecule has 1 fully saturated rings. The fraction of sp³-hybridized carbons (Fsp3) is 0.174. The lowest BCUT2D eigenvalue weighted by Gasteiger charge is -2.07. The summed E-state index contributed by atoms with van der Waals surface area (Å²) in [4.78, 5) is 30.9. The number of hydrogen-bond donors (Lipinski definition) is 0. The zero-order valence-electron chi connectivity index (χ0n) is 16.6. The van der Waals surface area contributed by atoms with Gasteiger partial charge in [-0.15, -0.1) is 6.42 Å². The molecule has 6 nitrogen and oxygen atoms in total. The zero-order chi connectivity index (χ0) is 21.5. The topological polar surface area (TPSA) is 68.2 Å². The van der Waals surface area contributed by atoms with Crippen molar-refractivity contribution in [3.05, 3.63) is 64.6 Å². The minimum atomic E-state index is -0.375. The Balaban J connectivity index is 1.74. The Bertz CT molecular complexity index is 1030. The predicted molar refractivity (Wildman–Crippen MR) is 119 cm³/mol. The van der Waals surface area contributed by atoms with Crippen LogP contribution in [0.15, 0.2) is 58.4 Å². The number of esters is 1. The SMILES string of the molecule is C#CCOc1ccc(C=C2SC(=Nc3ccc(C(=O)OCC)cc3)N(C)C2=O)cc1. The highest BCUT2D eigenvalue weighted by molar-refractivity contribution is 8.18. The number of amidine groups is 1. The van der Waals surface area contributed by atoms with Gasteiger partial charge >= 0.3 is 5.97 Å². The number of likely N-dealkylation sites (N-methyl/N-ethyl adjacent to an activating group) is 1. The molecule has 1 aliphatic heterocycles. The van der Waals surface area contributed by atoms with Crippen molar-refractivity contribution in [1.29, 1.82) is 0 Å².